The topological polar surface area (TPSA) is 92.6 Å². The van der Waals surface area contributed by atoms with Gasteiger partial charge in [-0.25, -0.2) is 9.48 Å². The van der Waals surface area contributed by atoms with Gasteiger partial charge in [-0.3, -0.25) is 10.3 Å². The maximum atomic E-state index is 11.9. The van der Waals surface area contributed by atoms with E-state index in [1.807, 2.05) is 92.3 Å². The summed E-state index contributed by atoms with van der Waals surface area (Å²) in [5, 5.41) is 13.9. The lowest BCUT2D eigenvalue weighted by Crippen LogP contribution is -2.38. The number of anilines is 1. The first kappa shape index (κ1) is 23.8. The second-order valence-corrected chi connectivity index (χ2v) is 8.51. The third-order valence-electron chi connectivity index (χ3n) is 4.63. The number of hydrogen-bond donors (Lipinski definition) is 3. The summed E-state index contributed by atoms with van der Waals surface area (Å²) in [4.78, 5) is 16.1. The molecule has 33 heavy (non-hydrogen) atoms. The van der Waals surface area contributed by atoms with Gasteiger partial charge < -0.3 is 15.4 Å². The molecule has 1 aromatic heterocycles. The Morgan fingerprint density at radius 2 is 1.76 bits per heavy atom. The first-order chi connectivity index (χ1) is 15.8. The fraction of sp³-hybridized carbons (Fsp3) is 0.320. The molecular weight excluding hydrogens is 416 g/mol. The maximum absolute atomic E-state index is 11.9. The average Bonchev–Trinajstić information content (AvgIpc) is 3.25. The number of guanidine groups is 1. The van der Waals surface area contributed by atoms with Crippen LogP contribution in [0.1, 0.15) is 32.0 Å². The second kappa shape index (κ2) is 11.2. The van der Waals surface area contributed by atoms with E-state index >= 15 is 0 Å². The van der Waals surface area contributed by atoms with E-state index in [0.29, 0.717) is 18.2 Å². The third-order valence-corrected chi connectivity index (χ3v) is 4.63. The first-order valence-electron chi connectivity index (χ1n) is 11.0. The molecule has 0 bridgehead atoms. The van der Waals surface area contributed by atoms with Crippen LogP contribution in [0.25, 0.3) is 5.69 Å². The average molecular weight is 449 g/mol. The van der Waals surface area contributed by atoms with Crippen LogP contribution in [-0.4, -0.2) is 41.0 Å². The Labute approximate surface area is 195 Å². The molecule has 0 aliphatic heterocycles. The quantitative estimate of drug-likeness (QED) is 0.373. The van der Waals surface area contributed by atoms with Crippen molar-refractivity contribution in [3.63, 3.8) is 0 Å². The normalized spacial score (nSPS) is 11.7. The van der Waals surface area contributed by atoms with Gasteiger partial charge in [0.15, 0.2) is 5.96 Å². The minimum atomic E-state index is -0.524. The zero-order chi connectivity index (χ0) is 23.7. The number of para-hydroxylation sites is 1. The van der Waals surface area contributed by atoms with Crippen molar-refractivity contribution in [1.29, 1.82) is 0 Å². The molecule has 8 nitrogen and oxygen atoms in total. The summed E-state index contributed by atoms with van der Waals surface area (Å²) in [6.07, 6.45) is 2.31. The Kier molecular flexibility index (Phi) is 8.07. The van der Waals surface area contributed by atoms with Gasteiger partial charge in [0, 0.05) is 25.5 Å². The van der Waals surface area contributed by atoms with Crippen molar-refractivity contribution in [2.75, 3.05) is 18.9 Å². The standard InChI is InChI=1S/C25H32N6O2/c1-25(2,3)33-24(32)29-20-12-10-19(11-13-20)14-16-27-23(26-4)28-18-21-15-17-31(30-21)22-8-6-5-7-9-22/h5-13,15,17H,14,16,18H2,1-4H3,(H,29,32)(H2,26,27,28). The lowest BCUT2D eigenvalue weighted by molar-refractivity contribution is 0.0636. The molecule has 0 radical (unpaired) electrons. The fourth-order valence-corrected chi connectivity index (χ4v) is 3.08. The van der Waals surface area contributed by atoms with Gasteiger partial charge >= 0.3 is 6.09 Å². The molecule has 3 rings (SSSR count). The van der Waals surface area contributed by atoms with Crippen LogP contribution in [0.15, 0.2) is 71.9 Å². The van der Waals surface area contributed by atoms with Crippen LogP contribution < -0.4 is 16.0 Å². The molecule has 1 heterocycles. The highest BCUT2D eigenvalue weighted by molar-refractivity contribution is 5.84. The molecule has 0 saturated heterocycles. The number of nitrogens with zero attached hydrogens (tertiary/aromatic N) is 3. The van der Waals surface area contributed by atoms with Crippen molar-refractivity contribution in [3.05, 3.63) is 78.1 Å². The number of carbonyl (C=O) groups excluding carboxylic acids is 1. The van der Waals surface area contributed by atoms with Crippen molar-refractivity contribution in [3.8, 4) is 5.69 Å². The number of aliphatic imine (C=N–C) groups is 1. The number of benzene rings is 2. The Hall–Kier alpha value is -3.81. The molecule has 0 aliphatic carbocycles. The number of hydrogen-bond acceptors (Lipinski definition) is 4. The van der Waals surface area contributed by atoms with E-state index in [1.165, 1.54) is 0 Å². The highest BCUT2D eigenvalue weighted by atomic mass is 16.6. The molecule has 0 atom stereocenters. The van der Waals surface area contributed by atoms with Gasteiger partial charge in [-0.05, 0) is 63.1 Å². The van der Waals surface area contributed by atoms with Crippen molar-refractivity contribution >= 4 is 17.7 Å². The largest absolute Gasteiger partial charge is 0.444 e. The lowest BCUT2D eigenvalue weighted by atomic mass is 10.1. The van der Waals surface area contributed by atoms with Gasteiger partial charge in [0.25, 0.3) is 0 Å². The van der Waals surface area contributed by atoms with Gasteiger partial charge in [0.2, 0.25) is 0 Å². The lowest BCUT2D eigenvalue weighted by Gasteiger charge is -2.19. The summed E-state index contributed by atoms with van der Waals surface area (Å²) in [5.74, 6) is 0.715. The molecule has 0 unspecified atom stereocenters. The summed E-state index contributed by atoms with van der Waals surface area (Å²) in [7, 11) is 1.75. The summed E-state index contributed by atoms with van der Waals surface area (Å²) < 4.78 is 7.12. The van der Waals surface area contributed by atoms with Gasteiger partial charge in [0.1, 0.15) is 5.60 Å². The SMILES string of the molecule is CN=C(NCCc1ccc(NC(=O)OC(C)(C)C)cc1)NCc1ccn(-c2ccccc2)n1. The van der Waals surface area contributed by atoms with Crippen LogP contribution in [0.5, 0.6) is 0 Å². The Bertz CT molecular complexity index is 1050. The third kappa shape index (κ3) is 7.99. The van der Waals surface area contributed by atoms with Crippen LogP contribution in [0.4, 0.5) is 10.5 Å². The molecule has 8 heteroatoms. The summed E-state index contributed by atoms with van der Waals surface area (Å²) in [6, 6.07) is 19.7. The van der Waals surface area contributed by atoms with Crippen LogP contribution in [0.3, 0.4) is 0 Å². The minimum absolute atomic E-state index is 0.458. The monoisotopic (exact) mass is 448 g/mol. The van der Waals surface area contributed by atoms with E-state index in [4.69, 9.17) is 4.74 Å². The predicted octanol–water partition coefficient (Wildman–Crippen LogP) is 4.13. The van der Waals surface area contributed by atoms with Crippen LogP contribution >= 0.6 is 0 Å². The van der Waals surface area contributed by atoms with E-state index < -0.39 is 11.7 Å². The maximum Gasteiger partial charge on any atom is 0.412 e. The highest BCUT2D eigenvalue weighted by Crippen LogP contribution is 2.13. The Morgan fingerprint density at radius 1 is 1.03 bits per heavy atom. The molecule has 0 spiro atoms. The smallest absolute Gasteiger partial charge is 0.412 e. The first-order valence-corrected chi connectivity index (χ1v) is 11.0. The van der Waals surface area contributed by atoms with Crippen LogP contribution in [0, 0.1) is 0 Å². The second-order valence-electron chi connectivity index (χ2n) is 8.51. The Balaban J connectivity index is 1.41. The molecule has 2 aromatic carbocycles. The van der Waals surface area contributed by atoms with Crippen molar-refractivity contribution < 1.29 is 9.53 Å². The minimum Gasteiger partial charge on any atom is -0.444 e. The highest BCUT2D eigenvalue weighted by Gasteiger charge is 2.16. The predicted molar refractivity (Wildman–Crippen MR) is 132 cm³/mol. The van der Waals surface area contributed by atoms with E-state index in [2.05, 4.69) is 26.0 Å². The molecule has 1 amide bonds. The van der Waals surface area contributed by atoms with E-state index in [0.717, 1.165) is 29.9 Å². The summed E-state index contributed by atoms with van der Waals surface area (Å²) in [5.41, 5.74) is 3.28. The molecule has 3 aromatic rings. The zero-order valence-electron chi connectivity index (χ0n) is 19.6. The van der Waals surface area contributed by atoms with E-state index in [1.54, 1.807) is 7.05 Å². The molecular formula is C25H32N6O2. The van der Waals surface area contributed by atoms with Crippen molar-refractivity contribution in [1.82, 2.24) is 20.4 Å². The number of rotatable bonds is 7. The van der Waals surface area contributed by atoms with Crippen molar-refractivity contribution in [2.45, 2.75) is 39.3 Å². The summed E-state index contributed by atoms with van der Waals surface area (Å²) in [6.45, 7) is 6.80. The van der Waals surface area contributed by atoms with Crippen LogP contribution in [-0.2, 0) is 17.7 Å². The molecule has 0 aliphatic rings. The molecule has 0 saturated carbocycles. The molecule has 174 valence electrons. The Morgan fingerprint density at radius 3 is 2.42 bits per heavy atom. The number of carbonyl (C=O) groups is 1. The molecule has 0 fully saturated rings. The summed E-state index contributed by atoms with van der Waals surface area (Å²) >= 11 is 0. The van der Waals surface area contributed by atoms with Gasteiger partial charge in [-0.2, -0.15) is 5.10 Å². The number of amides is 1. The van der Waals surface area contributed by atoms with E-state index in [-0.39, 0.29) is 0 Å². The number of aromatic nitrogens is 2. The fourth-order valence-electron chi connectivity index (χ4n) is 3.08. The van der Waals surface area contributed by atoms with Gasteiger partial charge in [-0.1, -0.05) is 30.3 Å². The number of ether oxygens (including phenoxy) is 1. The number of nitrogens with one attached hydrogen (secondary N) is 3. The van der Waals surface area contributed by atoms with Crippen molar-refractivity contribution in [2.24, 2.45) is 4.99 Å². The molecule has 3 N–H and O–H groups in total. The van der Waals surface area contributed by atoms with E-state index in [9.17, 15) is 4.79 Å². The van der Waals surface area contributed by atoms with Crippen LogP contribution in [0.2, 0.25) is 0 Å². The van der Waals surface area contributed by atoms with Gasteiger partial charge in [-0.15, -0.1) is 0 Å². The van der Waals surface area contributed by atoms with Gasteiger partial charge in [0.05, 0.1) is 17.9 Å². The zero-order valence-corrected chi connectivity index (χ0v) is 19.6.